The van der Waals surface area contributed by atoms with E-state index >= 15 is 0 Å². The smallest absolute Gasteiger partial charge is 0.103 e. The molecular formula is C25H27ClN3+. The minimum Gasteiger partial charge on any atom is -0.360 e. The zero-order valence-electron chi connectivity index (χ0n) is 16.9. The molecule has 3 aromatic carbocycles. The zero-order valence-corrected chi connectivity index (χ0v) is 17.6. The van der Waals surface area contributed by atoms with Gasteiger partial charge in [0.15, 0.2) is 0 Å². The molecule has 29 heavy (non-hydrogen) atoms. The number of halogens is 1. The molecule has 148 valence electrons. The molecule has 1 aliphatic heterocycles. The number of hydrogen-bond donors (Lipinski definition) is 1. The van der Waals surface area contributed by atoms with Crippen molar-refractivity contribution >= 4 is 39.1 Å². The third-order valence-corrected chi connectivity index (χ3v) is 6.49. The largest absolute Gasteiger partial charge is 0.360 e. The number of rotatable bonds is 4. The maximum absolute atomic E-state index is 6.17. The van der Waals surface area contributed by atoms with Crippen LogP contribution in [0.4, 0.5) is 5.69 Å². The van der Waals surface area contributed by atoms with Crippen molar-refractivity contribution in [2.45, 2.75) is 20.0 Å². The molecule has 2 heterocycles. The Bertz CT molecular complexity index is 1160. The highest BCUT2D eigenvalue weighted by Crippen LogP contribution is 2.29. The van der Waals surface area contributed by atoms with E-state index in [2.05, 4.69) is 71.0 Å². The maximum Gasteiger partial charge on any atom is 0.103 e. The highest BCUT2D eigenvalue weighted by atomic mass is 35.5. The highest BCUT2D eigenvalue weighted by Gasteiger charge is 2.21. The van der Waals surface area contributed by atoms with Gasteiger partial charge in [0.2, 0.25) is 0 Å². The number of quaternary nitrogens is 1. The molecule has 0 amide bonds. The van der Waals surface area contributed by atoms with Gasteiger partial charge in [0.25, 0.3) is 0 Å². The van der Waals surface area contributed by atoms with E-state index in [1.807, 2.05) is 12.1 Å². The van der Waals surface area contributed by atoms with Gasteiger partial charge in [0, 0.05) is 44.6 Å². The standard InChI is InChI=1S/C25H26ClN3/c1-2-29-24-9-4-3-8-22(24)23-16-19(10-11-25(23)29)18-27-12-14-28(15-13-27)21-7-5-6-20(26)17-21/h3-11,16-17H,2,12-15,18H2,1H3/p+1. The Morgan fingerprint density at radius 3 is 2.45 bits per heavy atom. The van der Waals surface area contributed by atoms with Gasteiger partial charge >= 0.3 is 0 Å². The average molecular weight is 405 g/mol. The molecule has 0 unspecified atom stereocenters. The summed E-state index contributed by atoms with van der Waals surface area (Å²) in [6.07, 6.45) is 0. The molecule has 1 saturated heterocycles. The third-order valence-electron chi connectivity index (χ3n) is 6.25. The molecular weight excluding hydrogens is 378 g/mol. The number of para-hydroxylation sites is 1. The fourth-order valence-corrected chi connectivity index (χ4v) is 4.96. The van der Waals surface area contributed by atoms with Crippen LogP contribution in [0.3, 0.4) is 0 Å². The molecule has 1 aliphatic rings. The van der Waals surface area contributed by atoms with Gasteiger partial charge in [0.1, 0.15) is 6.54 Å². The highest BCUT2D eigenvalue weighted by molar-refractivity contribution is 6.30. The van der Waals surface area contributed by atoms with Crippen molar-refractivity contribution in [3.05, 3.63) is 77.3 Å². The molecule has 1 fully saturated rings. The van der Waals surface area contributed by atoms with Gasteiger partial charge < -0.3 is 14.4 Å². The number of piperazine rings is 1. The molecule has 0 bridgehead atoms. The number of aryl methyl sites for hydroxylation is 1. The monoisotopic (exact) mass is 404 g/mol. The van der Waals surface area contributed by atoms with Gasteiger partial charge in [-0.3, -0.25) is 0 Å². The second-order valence-corrected chi connectivity index (χ2v) is 8.44. The molecule has 0 aliphatic carbocycles. The number of nitrogens with one attached hydrogen (secondary N) is 1. The van der Waals surface area contributed by atoms with Crippen LogP contribution in [-0.4, -0.2) is 30.7 Å². The molecule has 4 aromatic rings. The summed E-state index contributed by atoms with van der Waals surface area (Å²) >= 11 is 6.17. The summed E-state index contributed by atoms with van der Waals surface area (Å²) in [5.74, 6) is 0. The molecule has 0 saturated carbocycles. The Morgan fingerprint density at radius 1 is 0.862 bits per heavy atom. The number of anilines is 1. The normalized spacial score (nSPS) is 15.4. The first kappa shape index (κ1) is 18.5. The fraction of sp³-hybridized carbons (Fsp3) is 0.280. The van der Waals surface area contributed by atoms with Crippen LogP contribution in [0.5, 0.6) is 0 Å². The van der Waals surface area contributed by atoms with E-state index in [0.29, 0.717) is 0 Å². The molecule has 3 nitrogen and oxygen atoms in total. The van der Waals surface area contributed by atoms with E-state index in [4.69, 9.17) is 11.6 Å². The third kappa shape index (κ3) is 3.50. The summed E-state index contributed by atoms with van der Waals surface area (Å²) in [7, 11) is 0. The summed E-state index contributed by atoms with van der Waals surface area (Å²) in [6, 6.07) is 24.0. The second kappa shape index (κ2) is 7.74. The predicted octanol–water partition coefficient (Wildman–Crippen LogP) is 4.37. The Labute approximate surface area is 177 Å². The average Bonchev–Trinajstić information content (AvgIpc) is 3.07. The first-order chi connectivity index (χ1) is 14.2. The van der Waals surface area contributed by atoms with Crippen molar-refractivity contribution in [1.82, 2.24) is 4.57 Å². The lowest BCUT2D eigenvalue weighted by atomic mass is 10.1. The van der Waals surface area contributed by atoms with E-state index in [1.54, 1.807) is 4.90 Å². The molecule has 4 heteroatoms. The summed E-state index contributed by atoms with van der Waals surface area (Å²) in [6.45, 7) is 8.77. The molecule has 5 rings (SSSR count). The topological polar surface area (TPSA) is 12.6 Å². The van der Waals surface area contributed by atoms with Crippen LogP contribution in [0.15, 0.2) is 66.7 Å². The molecule has 1 N–H and O–H groups in total. The lowest BCUT2D eigenvalue weighted by Gasteiger charge is -2.33. The van der Waals surface area contributed by atoms with Crippen LogP contribution in [-0.2, 0) is 13.1 Å². The van der Waals surface area contributed by atoms with E-state index in [1.165, 1.54) is 33.1 Å². The lowest BCUT2D eigenvalue weighted by Crippen LogP contribution is -3.13. The quantitative estimate of drug-likeness (QED) is 0.532. The minimum atomic E-state index is 0.817. The van der Waals surface area contributed by atoms with Gasteiger partial charge in [-0.2, -0.15) is 0 Å². The zero-order chi connectivity index (χ0) is 19.8. The van der Waals surface area contributed by atoms with Crippen molar-refractivity contribution < 1.29 is 4.90 Å². The van der Waals surface area contributed by atoms with Crippen LogP contribution in [0.25, 0.3) is 21.8 Å². The van der Waals surface area contributed by atoms with Crippen LogP contribution < -0.4 is 9.80 Å². The lowest BCUT2D eigenvalue weighted by molar-refractivity contribution is -0.914. The van der Waals surface area contributed by atoms with E-state index in [-0.39, 0.29) is 0 Å². The van der Waals surface area contributed by atoms with Gasteiger partial charge in [-0.25, -0.2) is 0 Å². The molecule has 1 aromatic heterocycles. The Balaban J connectivity index is 1.34. The van der Waals surface area contributed by atoms with E-state index in [9.17, 15) is 0 Å². The summed E-state index contributed by atoms with van der Waals surface area (Å²) < 4.78 is 2.42. The number of nitrogens with zero attached hydrogens (tertiary/aromatic N) is 2. The second-order valence-electron chi connectivity index (χ2n) is 8.01. The minimum absolute atomic E-state index is 0.817. The SMILES string of the molecule is CCn1c2ccccc2c2cc(C[NH+]3CCN(c4cccc(Cl)c4)CC3)ccc21. The summed E-state index contributed by atoms with van der Waals surface area (Å²) in [5.41, 5.74) is 5.36. The maximum atomic E-state index is 6.17. The van der Waals surface area contributed by atoms with Crippen molar-refractivity contribution in [1.29, 1.82) is 0 Å². The van der Waals surface area contributed by atoms with Gasteiger partial charge in [-0.05, 0) is 43.3 Å². The summed E-state index contributed by atoms with van der Waals surface area (Å²) in [4.78, 5) is 4.11. The molecule has 0 spiro atoms. The van der Waals surface area contributed by atoms with Crippen LogP contribution in [0.2, 0.25) is 5.02 Å². The number of fused-ring (bicyclic) bond motifs is 3. The van der Waals surface area contributed by atoms with Crippen LogP contribution >= 0.6 is 11.6 Å². The van der Waals surface area contributed by atoms with Crippen molar-refractivity contribution in [2.24, 2.45) is 0 Å². The number of benzene rings is 3. The van der Waals surface area contributed by atoms with Gasteiger partial charge in [-0.15, -0.1) is 0 Å². The Kier molecular flexibility index (Phi) is 4.94. The Hall–Kier alpha value is -2.49. The summed E-state index contributed by atoms with van der Waals surface area (Å²) in [5, 5.41) is 3.57. The number of hydrogen-bond acceptors (Lipinski definition) is 1. The van der Waals surface area contributed by atoms with Crippen LogP contribution in [0, 0.1) is 0 Å². The van der Waals surface area contributed by atoms with Crippen molar-refractivity contribution in [2.75, 3.05) is 31.1 Å². The Morgan fingerprint density at radius 2 is 1.66 bits per heavy atom. The fourth-order valence-electron chi connectivity index (χ4n) is 4.77. The first-order valence-corrected chi connectivity index (χ1v) is 10.9. The van der Waals surface area contributed by atoms with Gasteiger partial charge in [-0.1, -0.05) is 41.9 Å². The van der Waals surface area contributed by atoms with Crippen molar-refractivity contribution in [3.63, 3.8) is 0 Å². The van der Waals surface area contributed by atoms with E-state index in [0.717, 1.165) is 44.3 Å². The first-order valence-electron chi connectivity index (χ1n) is 10.6. The molecule has 0 atom stereocenters. The predicted molar refractivity (Wildman–Crippen MR) is 123 cm³/mol. The number of aromatic nitrogens is 1. The van der Waals surface area contributed by atoms with Gasteiger partial charge in [0.05, 0.1) is 26.2 Å². The molecule has 0 radical (unpaired) electrons. The van der Waals surface area contributed by atoms with Crippen LogP contribution in [0.1, 0.15) is 12.5 Å². The van der Waals surface area contributed by atoms with E-state index < -0.39 is 0 Å². The van der Waals surface area contributed by atoms with Crippen molar-refractivity contribution in [3.8, 4) is 0 Å².